The second-order valence-corrected chi connectivity index (χ2v) is 4.77. The first-order valence-electron chi connectivity index (χ1n) is 6.06. The summed E-state index contributed by atoms with van der Waals surface area (Å²) in [7, 11) is 4.11. The molecule has 15 heavy (non-hydrogen) atoms. The number of nitrogens with zero attached hydrogens (tertiary/aromatic N) is 2. The quantitative estimate of drug-likeness (QED) is 0.706. The van der Waals surface area contributed by atoms with Crippen molar-refractivity contribution in [3.8, 4) is 0 Å². The van der Waals surface area contributed by atoms with Gasteiger partial charge >= 0.3 is 0 Å². The van der Waals surface area contributed by atoms with E-state index in [1.54, 1.807) is 0 Å². The van der Waals surface area contributed by atoms with Gasteiger partial charge in [-0.25, -0.2) is 0 Å². The highest BCUT2D eigenvalue weighted by molar-refractivity contribution is 5.75. The van der Waals surface area contributed by atoms with E-state index in [4.69, 9.17) is 0 Å². The molecule has 0 saturated carbocycles. The smallest absolute Gasteiger partial charge is 0.222 e. The number of piperidine rings is 1. The molecule has 1 saturated heterocycles. The Kier molecular flexibility index (Phi) is 5.09. The average Bonchev–Trinajstić information content (AvgIpc) is 2.22. The second kappa shape index (κ2) is 6.11. The number of rotatable bonds is 4. The fourth-order valence-corrected chi connectivity index (χ4v) is 2.14. The van der Waals surface area contributed by atoms with Crippen LogP contribution < -0.4 is 0 Å². The zero-order valence-electron chi connectivity index (χ0n) is 10.3. The van der Waals surface area contributed by atoms with Crippen LogP contribution in [0.1, 0.15) is 32.6 Å². The van der Waals surface area contributed by atoms with Crippen molar-refractivity contribution in [2.24, 2.45) is 5.92 Å². The highest BCUT2D eigenvalue weighted by atomic mass is 16.2. The van der Waals surface area contributed by atoms with Crippen LogP contribution in [0.2, 0.25) is 0 Å². The molecule has 0 N–H and O–H groups in total. The number of carbonyl (C=O) groups excluding carboxylic acids is 1. The van der Waals surface area contributed by atoms with Crippen molar-refractivity contribution in [1.82, 2.24) is 9.80 Å². The third-order valence-electron chi connectivity index (χ3n) is 3.26. The van der Waals surface area contributed by atoms with Crippen LogP contribution in [-0.4, -0.2) is 49.4 Å². The summed E-state index contributed by atoms with van der Waals surface area (Å²) in [5.41, 5.74) is 0. The third kappa shape index (κ3) is 4.20. The van der Waals surface area contributed by atoms with Crippen molar-refractivity contribution in [3.05, 3.63) is 0 Å². The van der Waals surface area contributed by atoms with Crippen LogP contribution in [0, 0.1) is 5.92 Å². The Labute approximate surface area is 93.4 Å². The van der Waals surface area contributed by atoms with Gasteiger partial charge in [-0.05, 0) is 45.3 Å². The molecule has 88 valence electrons. The van der Waals surface area contributed by atoms with Crippen LogP contribution in [0.25, 0.3) is 0 Å². The molecule has 1 amide bonds. The van der Waals surface area contributed by atoms with Gasteiger partial charge in [0.05, 0.1) is 0 Å². The minimum Gasteiger partial charge on any atom is -0.345 e. The van der Waals surface area contributed by atoms with E-state index >= 15 is 0 Å². The zero-order valence-corrected chi connectivity index (χ0v) is 10.3. The molecule has 0 aromatic heterocycles. The molecule has 0 spiro atoms. The molecule has 0 bridgehead atoms. The van der Waals surface area contributed by atoms with Crippen LogP contribution in [0.5, 0.6) is 0 Å². The summed E-state index contributed by atoms with van der Waals surface area (Å²) in [5, 5.41) is 0. The monoisotopic (exact) mass is 212 g/mol. The van der Waals surface area contributed by atoms with Gasteiger partial charge in [-0.15, -0.1) is 0 Å². The van der Waals surface area contributed by atoms with Gasteiger partial charge in [-0.1, -0.05) is 6.92 Å². The second-order valence-electron chi connectivity index (χ2n) is 4.77. The minimum atomic E-state index is 0.302. The molecule has 3 nitrogen and oxygen atoms in total. The molecule has 1 rings (SSSR count). The standard InChI is InChI=1S/C12H24N2O/c1-4-5-12(15)14(3)10-11-6-8-13(2)9-7-11/h11H,4-10H2,1-3H3. The molecule has 0 radical (unpaired) electrons. The largest absolute Gasteiger partial charge is 0.345 e. The molecule has 0 atom stereocenters. The van der Waals surface area contributed by atoms with Gasteiger partial charge in [-0.3, -0.25) is 4.79 Å². The molecular formula is C12H24N2O. The van der Waals surface area contributed by atoms with Gasteiger partial charge in [0.1, 0.15) is 0 Å². The first kappa shape index (κ1) is 12.5. The molecular weight excluding hydrogens is 188 g/mol. The van der Waals surface area contributed by atoms with E-state index in [9.17, 15) is 4.79 Å². The van der Waals surface area contributed by atoms with E-state index < -0.39 is 0 Å². The lowest BCUT2D eigenvalue weighted by Gasteiger charge is -2.31. The third-order valence-corrected chi connectivity index (χ3v) is 3.26. The summed E-state index contributed by atoms with van der Waals surface area (Å²) >= 11 is 0. The number of hydrogen-bond donors (Lipinski definition) is 0. The van der Waals surface area contributed by atoms with E-state index in [-0.39, 0.29) is 0 Å². The van der Waals surface area contributed by atoms with Gasteiger partial charge in [0.25, 0.3) is 0 Å². The average molecular weight is 212 g/mol. The summed E-state index contributed by atoms with van der Waals surface area (Å²) in [6.45, 7) is 5.37. The van der Waals surface area contributed by atoms with E-state index in [1.165, 1.54) is 25.9 Å². The van der Waals surface area contributed by atoms with E-state index in [2.05, 4.69) is 18.9 Å². The Morgan fingerprint density at radius 2 is 2.00 bits per heavy atom. The highest BCUT2D eigenvalue weighted by Gasteiger charge is 2.19. The van der Waals surface area contributed by atoms with Crippen LogP contribution in [0.4, 0.5) is 0 Å². The van der Waals surface area contributed by atoms with Crippen molar-refractivity contribution in [1.29, 1.82) is 0 Å². The first-order valence-corrected chi connectivity index (χ1v) is 6.06. The Bertz CT molecular complexity index is 198. The Balaban J connectivity index is 2.25. The fraction of sp³-hybridized carbons (Fsp3) is 0.917. The van der Waals surface area contributed by atoms with Gasteiger partial charge in [-0.2, -0.15) is 0 Å². The highest BCUT2D eigenvalue weighted by Crippen LogP contribution is 2.17. The minimum absolute atomic E-state index is 0.302. The van der Waals surface area contributed by atoms with Crippen molar-refractivity contribution in [2.75, 3.05) is 33.7 Å². The lowest BCUT2D eigenvalue weighted by atomic mass is 9.96. The molecule has 0 aromatic carbocycles. The Morgan fingerprint density at radius 3 is 2.53 bits per heavy atom. The summed E-state index contributed by atoms with van der Waals surface area (Å²) < 4.78 is 0. The Morgan fingerprint density at radius 1 is 1.40 bits per heavy atom. The molecule has 1 aliphatic rings. The summed E-state index contributed by atoms with van der Waals surface area (Å²) in [5.74, 6) is 1.02. The maximum absolute atomic E-state index is 11.6. The molecule has 3 heteroatoms. The van der Waals surface area contributed by atoms with E-state index in [0.717, 1.165) is 13.0 Å². The predicted molar refractivity (Wildman–Crippen MR) is 62.8 cm³/mol. The number of hydrogen-bond acceptors (Lipinski definition) is 2. The molecule has 0 unspecified atom stereocenters. The number of amides is 1. The Hall–Kier alpha value is -0.570. The van der Waals surface area contributed by atoms with E-state index in [0.29, 0.717) is 18.2 Å². The van der Waals surface area contributed by atoms with Gasteiger partial charge in [0, 0.05) is 20.0 Å². The fourth-order valence-electron chi connectivity index (χ4n) is 2.14. The van der Waals surface area contributed by atoms with Crippen molar-refractivity contribution in [3.63, 3.8) is 0 Å². The summed E-state index contributed by atoms with van der Waals surface area (Å²) in [6, 6.07) is 0. The molecule has 1 aliphatic heterocycles. The van der Waals surface area contributed by atoms with Crippen molar-refractivity contribution < 1.29 is 4.79 Å². The molecule has 1 fully saturated rings. The molecule has 0 aliphatic carbocycles. The van der Waals surface area contributed by atoms with Crippen LogP contribution in [0.3, 0.4) is 0 Å². The zero-order chi connectivity index (χ0) is 11.3. The topological polar surface area (TPSA) is 23.6 Å². The lowest BCUT2D eigenvalue weighted by molar-refractivity contribution is -0.130. The maximum atomic E-state index is 11.6. The van der Waals surface area contributed by atoms with Crippen LogP contribution >= 0.6 is 0 Å². The summed E-state index contributed by atoms with van der Waals surface area (Å²) in [6.07, 6.45) is 4.13. The van der Waals surface area contributed by atoms with Crippen LogP contribution in [0.15, 0.2) is 0 Å². The SMILES string of the molecule is CCCC(=O)N(C)CC1CCN(C)CC1. The van der Waals surface area contributed by atoms with Crippen molar-refractivity contribution in [2.45, 2.75) is 32.6 Å². The first-order chi connectivity index (χ1) is 7.13. The predicted octanol–water partition coefficient (Wildman–Crippen LogP) is 1.59. The molecule has 0 aromatic rings. The van der Waals surface area contributed by atoms with E-state index in [1.807, 2.05) is 11.9 Å². The number of likely N-dealkylation sites (tertiary alicyclic amines) is 1. The lowest BCUT2D eigenvalue weighted by Crippen LogP contribution is -2.37. The van der Waals surface area contributed by atoms with Crippen LogP contribution in [-0.2, 0) is 4.79 Å². The number of carbonyl (C=O) groups is 1. The van der Waals surface area contributed by atoms with Gasteiger partial charge < -0.3 is 9.80 Å². The van der Waals surface area contributed by atoms with Gasteiger partial charge in [0.2, 0.25) is 5.91 Å². The maximum Gasteiger partial charge on any atom is 0.222 e. The molecule has 1 heterocycles. The van der Waals surface area contributed by atoms with Gasteiger partial charge in [0.15, 0.2) is 0 Å². The summed E-state index contributed by atoms with van der Waals surface area (Å²) in [4.78, 5) is 15.9. The van der Waals surface area contributed by atoms with Crippen molar-refractivity contribution >= 4 is 5.91 Å². The normalized spacial score (nSPS) is 19.1.